The Balaban J connectivity index is 2.40. The zero-order valence-electron chi connectivity index (χ0n) is 7.96. The summed E-state index contributed by atoms with van der Waals surface area (Å²) in [6.45, 7) is 2.00. The number of nitrogens with two attached hydrogens (primary N) is 1. The summed E-state index contributed by atoms with van der Waals surface area (Å²) in [5, 5.41) is 0. The van der Waals surface area contributed by atoms with Crippen LogP contribution in [0, 0.1) is 11.8 Å². The Kier molecular flexibility index (Phi) is 4.08. The van der Waals surface area contributed by atoms with Crippen LogP contribution in [0.3, 0.4) is 0 Å². The van der Waals surface area contributed by atoms with Crippen molar-refractivity contribution in [3.05, 3.63) is 35.9 Å². The molecule has 1 heteroatoms. The van der Waals surface area contributed by atoms with Crippen molar-refractivity contribution in [1.82, 2.24) is 0 Å². The van der Waals surface area contributed by atoms with Gasteiger partial charge in [-0.3, -0.25) is 0 Å². The summed E-state index contributed by atoms with van der Waals surface area (Å²) in [5.41, 5.74) is 6.68. The first kappa shape index (κ1) is 9.83. The average molecular weight is 173 g/mol. The van der Waals surface area contributed by atoms with Gasteiger partial charge in [0.25, 0.3) is 0 Å². The van der Waals surface area contributed by atoms with Crippen LogP contribution in [0.2, 0.25) is 0 Å². The van der Waals surface area contributed by atoms with Gasteiger partial charge in [0.1, 0.15) is 0 Å². The molecule has 0 bridgehead atoms. The van der Waals surface area contributed by atoms with Gasteiger partial charge in [0.15, 0.2) is 0 Å². The minimum Gasteiger partial charge on any atom is -0.328 e. The SMILES string of the molecule is CC(N)CCC#Cc1ccccc1. The second kappa shape index (κ2) is 5.40. The Bertz CT molecular complexity index is 290. The van der Waals surface area contributed by atoms with Crippen LogP contribution in [0.1, 0.15) is 25.3 Å². The van der Waals surface area contributed by atoms with Crippen LogP contribution in [-0.2, 0) is 0 Å². The summed E-state index contributed by atoms with van der Waals surface area (Å²) in [7, 11) is 0. The molecule has 0 saturated carbocycles. The standard InChI is InChI=1S/C12H15N/c1-11(13)7-5-6-10-12-8-3-2-4-9-12/h2-4,8-9,11H,5,7,13H2,1H3. The summed E-state index contributed by atoms with van der Waals surface area (Å²) in [6.07, 6.45) is 1.85. The van der Waals surface area contributed by atoms with Gasteiger partial charge in [-0.1, -0.05) is 30.0 Å². The first-order valence-electron chi connectivity index (χ1n) is 4.58. The molecule has 0 radical (unpaired) electrons. The smallest absolute Gasteiger partial charge is 0.0245 e. The van der Waals surface area contributed by atoms with Gasteiger partial charge in [-0.25, -0.2) is 0 Å². The summed E-state index contributed by atoms with van der Waals surface area (Å²) < 4.78 is 0. The van der Waals surface area contributed by atoms with Gasteiger partial charge in [0, 0.05) is 18.0 Å². The lowest BCUT2D eigenvalue weighted by molar-refractivity contribution is 0.683. The topological polar surface area (TPSA) is 26.0 Å². The van der Waals surface area contributed by atoms with Crippen LogP contribution >= 0.6 is 0 Å². The predicted octanol–water partition coefficient (Wildman–Crippen LogP) is 2.17. The Labute approximate surface area is 80.0 Å². The Morgan fingerprint density at radius 3 is 2.62 bits per heavy atom. The van der Waals surface area contributed by atoms with Crippen molar-refractivity contribution < 1.29 is 0 Å². The van der Waals surface area contributed by atoms with E-state index in [4.69, 9.17) is 5.73 Å². The second-order valence-electron chi connectivity index (χ2n) is 3.18. The summed E-state index contributed by atoms with van der Waals surface area (Å²) in [6, 6.07) is 10.3. The van der Waals surface area contributed by atoms with E-state index < -0.39 is 0 Å². The number of rotatable bonds is 2. The van der Waals surface area contributed by atoms with Crippen molar-refractivity contribution >= 4 is 0 Å². The van der Waals surface area contributed by atoms with Gasteiger partial charge >= 0.3 is 0 Å². The minimum atomic E-state index is 0.255. The van der Waals surface area contributed by atoms with E-state index in [9.17, 15) is 0 Å². The van der Waals surface area contributed by atoms with Crippen LogP contribution in [0.5, 0.6) is 0 Å². The molecule has 2 N–H and O–H groups in total. The van der Waals surface area contributed by atoms with Gasteiger partial charge in [0.2, 0.25) is 0 Å². The third-order valence-electron chi connectivity index (χ3n) is 1.73. The number of hydrogen-bond donors (Lipinski definition) is 1. The van der Waals surface area contributed by atoms with Crippen molar-refractivity contribution in [1.29, 1.82) is 0 Å². The Morgan fingerprint density at radius 2 is 2.00 bits per heavy atom. The number of hydrogen-bond acceptors (Lipinski definition) is 1. The van der Waals surface area contributed by atoms with Crippen molar-refractivity contribution in [2.75, 3.05) is 0 Å². The normalized spacial score (nSPS) is 11.5. The van der Waals surface area contributed by atoms with Gasteiger partial charge in [-0.2, -0.15) is 0 Å². The molecule has 1 atom stereocenters. The molecule has 0 aliphatic carbocycles. The summed E-state index contributed by atoms with van der Waals surface area (Å²) >= 11 is 0. The van der Waals surface area contributed by atoms with Crippen molar-refractivity contribution in [3.8, 4) is 11.8 Å². The maximum atomic E-state index is 5.60. The minimum absolute atomic E-state index is 0.255. The van der Waals surface area contributed by atoms with Crippen LogP contribution in [-0.4, -0.2) is 6.04 Å². The molecule has 1 unspecified atom stereocenters. The highest BCUT2D eigenvalue weighted by atomic mass is 14.6. The highest BCUT2D eigenvalue weighted by Crippen LogP contribution is 1.96. The molecule has 0 saturated heterocycles. The molecule has 13 heavy (non-hydrogen) atoms. The fourth-order valence-electron chi connectivity index (χ4n) is 0.986. The fraction of sp³-hybridized carbons (Fsp3) is 0.333. The van der Waals surface area contributed by atoms with Gasteiger partial charge < -0.3 is 5.73 Å². The fourth-order valence-corrected chi connectivity index (χ4v) is 0.986. The lowest BCUT2D eigenvalue weighted by Crippen LogP contribution is -2.13. The molecular weight excluding hydrogens is 158 g/mol. The summed E-state index contributed by atoms with van der Waals surface area (Å²) in [4.78, 5) is 0. The molecule has 1 aromatic rings. The molecule has 0 aliphatic heterocycles. The van der Waals surface area contributed by atoms with Crippen molar-refractivity contribution in [3.63, 3.8) is 0 Å². The van der Waals surface area contributed by atoms with Crippen LogP contribution in [0.4, 0.5) is 0 Å². The zero-order chi connectivity index (χ0) is 9.52. The highest BCUT2D eigenvalue weighted by Gasteiger charge is 1.89. The van der Waals surface area contributed by atoms with E-state index in [0.717, 1.165) is 18.4 Å². The monoisotopic (exact) mass is 173 g/mol. The first-order chi connectivity index (χ1) is 6.29. The third-order valence-corrected chi connectivity index (χ3v) is 1.73. The van der Waals surface area contributed by atoms with Crippen LogP contribution in [0.15, 0.2) is 30.3 Å². The van der Waals surface area contributed by atoms with Gasteiger partial charge in [0.05, 0.1) is 0 Å². The molecule has 0 spiro atoms. The number of benzene rings is 1. The molecule has 1 nitrogen and oxygen atoms in total. The van der Waals surface area contributed by atoms with Gasteiger partial charge in [-0.05, 0) is 25.5 Å². The molecule has 0 aliphatic rings. The third kappa shape index (κ3) is 4.35. The summed E-state index contributed by atoms with van der Waals surface area (Å²) in [5.74, 6) is 6.20. The van der Waals surface area contributed by atoms with E-state index in [1.54, 1.807) is 0 Å². The maximum absolute atomic E-state index is 5.60. The zero-order valence-corrected chi connectivity index (χ0v) is 7.96. The molecule has 1 rings (SSSR count). The lowest BCUT2D eigenvalue weighted by Gasteiger charge is -1.97. The van der Waals surface area contributed by atoms with E-state index in [1.165, 1.54) is 0 Å². The van der Waals surface area contributed by atoms with E-state index in [-0.39, 0.29) is 6.04 Å². The van der Waals surface area contributed by atoms with Crippen molar-refractivity contribution in [2.45, 2.75) is 25.8 Å². The molecule has 0 aromatic heterocycles. The quantitative estimate of drug-likeness (QED) is 0.681. The average Bonchev–Trinajstić information content (AvgIpc) is 2.14. The van der Waals surface area contributed by atoms with Crippen LogP contribution in [0.25, 0.3) is 0 Å². The molecule has 68 valence electrons. The van der Waals surface area contributed by atoms with E-state index in [2.05, 4.69) is 11.8 Å². The highest BCUT2D eigenvalue weighted by molar-refractivity contribution is 5.33. The largest absolute Gasteiger partial charge is 0.328 e. The molecule has 0 fully saturated rings. The lowest BCUT2D eigenvalue weighted by atomic mass is 10.2. The van der Waals surface area contributed by atoms with E-state index >= 15 is 0 Å². The van der Waals surface area contributed by atoms with Gasteiger partial charge in [-0.15, -0.1) is 0 Å². The predicted molar refractivity (Wildman–Crippen MR) is 56.2 cm³/mol. The first-order valence-corrected chi connectivity index (χ1v) is 4.58. The van der Waals surface area contributed by atoms with E-state index in [0.29, 0.717) is 0 Å². The van der Waals surface area contributed by atoms with E-state index in [1.807, 2.05) is 37.3 Å². The van der Waals surface area contributed by atoms with Crippen LogP contribution < -0.4 is 5.73 Å². The molecule has 0 heterocycles. The molecule has 0 amide bonds. The molecular formula is C12H15N. The van der Waals surface area contributed by atoms with Crippen molar-refractivity contribution in [2.24, 2.45) is 5.73 Å². The molecule has 1 aromatic carbocycles. The Hall–Kier alpha value is -1.26. The Morgan fingerprint density at radius 1 is 1.31 bits per heavy atom. The second-order valence-corrected chi connectivity index (χ2v) is 3.18. The maximum Gasteiger partial charge on any atom is 0.0245 e.